The van der Waals surface area contributed by atoms with Crippen LogP contribution in [0, 0.1) is 5.82 Å². The maximum absolute atomic E-state index is 12.9. The molecule has 0 bridgehead atoms. The Morgan fingerprint density at radius 3 is 2.86 bits per heavy atom. The number of nitrogens with zero attached hydrogens (tertiary/aromatic N) is 4. The predicted octanol–water partition coefficient (Wildman–Crippen LogP) is 2.32. The van der Waals surface area contributed by atoms with Crippen LogP contribution in [0.5, 0.6) is 5.75 Å². The van der Waals surface area contributed by atoms with Crippen LogP contribution in [0.2, 0.25) is 0 Å². The molecule has 0 saturated heterocycles. The molecule has 0 unspecified atom stereocenters. The van der Waals surface area contributed by atoms with Crippen molar-refractivity contribution >= 4 is 35.5 Å². The molecule has 2 aromatic carbocycles. The van der Waals surface area contributed by atoms with E-state index in [1.54, 1.807) is 13.3 Å². The van der Waals surface area contributed by atoms with Gasteiger partial charge in [0.2, 0.25) is 11.1 Å². The summed E-state index contributed by atoms with van der Waals surface area (Å²) in [5.74, 6) is 6.26. The second-order valence-electron chi connectivity index (χ2n) is 5.67. The molecule has 0 aliphatic rings. The molecule has 0 spiro atoms. The second kappa shape index (κ2) is 9.55. The Balaban J connectivity index is 1.52. The monoisotopic (exact) mass is 415 g/mol. The number of anilines is 2. The van der Waals surface area contributed by atoms with Gasteiger partial charge in [0.15, 0.2) is 0 Å². The largest absolute Gasteiger partial charge is 0.497 e. The molecular formula is C18H18FN7O2S. The number of carbonyl (C=O) groups excluding carboxylic acids is 1. The Morgan fingerprint density at radius 2 is 2.10 bits per heavy atom. The zero-order valence-corrected chi connectivity index (χ0v) is 16.2. The molecule has 0 aliphatic carbocycles. The molecule has 11 heteroatoms. The number of rotatable bonds is 8. The number of thioether (sulfide) groups is 1. The lowest BCUT2D eigenvalue weighted by molar-refractivity contribution is -0.113. The fourth-order valence-corrected chi connectivity index (χ4v) is 2.85. The van der Waals surface area contributed by atoms with Crippen molar-refractivity contribution in [3.63, 3.8) is 0 Å². The van der Waals surface area contributed by atoms with Crippen LogP contribution in [0.15, 0.2) is 58.8 Å². The van der Waals surface area contributed by atoms with Gasteiger partial charge in [0.1, 0.15) is 11.6 Å². The number of hydrogen-bond donors (Lipinski definition) is 3. The van der Waals surface area contributed by atoms with Gasteiger partial charge in [-0.2, -0.15) is 5.10 Å². The summed E-state index contributed by atoms with van der Waals surface area (Å²) in [5, 5.41) is 14.9. The number of hydrogen-bond acceptors (Lipinski definition) is 8. The van der Waals surface area contributed by atoms with Gasteiger partial charge in [0.25, 0.3) is 5.95 Å². The minimum atomic E-state index is -0.373. The first-order valence-corrected chi connectivity index (χ1v) is 9.35. The van der Waals surface area contributed by atoms with E-state index in [-0.39, 0.29) is 23.4 Å². The third kappa shape index (κ3) is 5.69. The normalized spacial score (nSPS) is 10.8. The summed E-state index contributed by atoms with van der Waals surface area (Å²) in [6, 6.07) is 12.8. The van der Waals surface area contributed by atoms with Crippen LogP contribution in [0.1, 0.15) is 5.56 Å². The average Bonchev–Trinajstić information content (AvgIpc) is 3.08. The molecule has 3 rings (SSSR count). The molecule has 1 amide bonds. The van der Waals surface area contributed by atoms with Crippen LogP contribution in [0.25, 0.3) is 0 Å². The number of benzene rings is 2. The van der Waals surface area contributed by atoms with Crippen LogP contribution in [-0.4, -0.2) is 39.9 Å². The average molecular weight is 415 g/mol. The number of carbonyl (C=O) groups is 1. The predicted molar refractivity (Wildman–Crippen MR) is 110 cm³/mol. The number of nitrogens with one attached hydrogen (secondary N) is 2. The minimum absolute atomic E-state index is 0.0553. The third-order valence-electron chi connectivity index (χ3n) is 3.60. The lowest BCUT2D eigenvalue weighted by Gasteiger charge is -2.05. The molecule has 1 aromatic heterocycles. The third-order valence-corrected chi connectivity index (χ3v) is 4.54. The van der Waals surface area contributed by atoms with Crippen molar-refractivity contribution in [2.24, 2.45) is 5.10 Å². The molecule has 29 heavy (non-hydrogen) atoms. The molecule has 0 radical (unpaired) electrons. The minimum Gasteiger partial charge on any atom is -0.497 e. The van der Waals surface area contributed by atoms with E-state index in [0.717, 1.165) is 17.3 Å². The molecule has 9 nitrogen and oxygen atoms in total. The topological polar surface area (TPSA) is 119 Å². The van der Waals surface area contributed by atoms with Crippen molar-refractivity contribution < 1.29 is 13.9 Å². The van der Waals surface area contributed by atoms with Gasteiger partial charge in [0.05, 0.1) is 19.1 Å². The molecule has 0 atom stereocenters. The maximum atomic E-state index is 12.9. The first kappa shape index (κ1) is 20.1. The fourth-order valence-electron chi connectivity index (χ4n) is 2.20. The van der Waals surface area contributed by atoms with Gasteiger partial charge in [-0.15, -0.1) is 10.2 Å². The highest BCUT2D eigenvalue weighted by atomic mass is 32.2. The van der Waals surface area contributed by atoms with Crippen LogP contribution in [0.4, 0.5) is 16.0 Å². The van der Waals surface area contributed by atoms with E-state index < -0.39 is 0 Å². The zero-order valence-electron chi connectivity index (χ0n) is 15.4. The quantitative estimate of drug-likeness (QED) is 0.223. The van der Waals surface area contributed by atoms with Gasteiger partial charge in [-0.3, -0.25) is 4.79 Å². The Morgan fingerprint density at radius 1 is 1.31 bits per heavy atom. The van der Waals surface area contributed by atoms with Crippen molar-refractivity contribution in [3.8, 4) is 5.75 Å². The van der Waals surface area contributed by atoms with Gasteiger partial charge in [-0.05, 0) is 42.0 Å². The van der Waals surface area contributed by atoms with Crippen molar-refractivity contribution in [2.45, 2.75) is 5.16 Å². The van der Waals surface area contributed by atoms with Crippen LogP contribution < -0.4 is 21.3 Å². The van der Waals surface area contributed by atoms with Gasteiger partial charge in [-0.25, -0.2) is 14.5 Å². The van der Waals surface area contributed by atoms with Gasteiger partial charge < -0.3 is 15.9 Å². The smallest absolute Gasteiger partial charge is 0.264 e. The number of amides is 1. The van der Waals surface area contributed by atoms with E-state index in [2.05, 4.69) is 26.0 Å². The van der Waals surface area contributed by atoms with E-state index in [1.165, 1.54) is 28.9 Å². The highest BCUT2D eigenvalue weighted by molar-refractivity contribution is 7.99. The van der Waals surface area contributed by atoms with E-state index in [9.17, 15) is 9.18 Å². The molecule has 4 N–H and O–H groups in total. The van der Waals surface area contributed by atoms with Crippen LogP contribution in [-0.2, 0) is 4.79 Å². The Bertz CT molecular complexity index is 1010. The van der Waals surface area contributed by atoms with Gasteiger partial charge >= 0.3 is 0 Å². The standard InChI is InChI=1S/C18H18FN7O2S/c1-28-15-4-2-3-12(9-15)10-21-23-17-24-25-18(26(17)20)29-11-16(27)22-14-7-5-13(19)6-8-14/h2-10H,11,20H2,1H3,(H,22,27)(H,23,24)/b21-10+. The molecular weight excluding hydrogens is 397 g/mol. The highest BCUT2D eigenvalue weighted by Gasteiger charge is 2.12. The molecule has 1 heterocycles. The number of halogens is 1. The molecule has 0 aliphatic heterocycles. The lowest BCUT2D eigenvalue weighted by Crippen LogP contribution is -2.16. The van der Waals surface area contributed by atoms with Crippen molar-refractivity contribution in [3.05, 3.63) is 59.9 Å². The van der Waals surface area contributed by atoms with Crippen LogP contribution >= 0.6 is 11.8 Å². The number of hydrazone groups is 1. The Labute approximate surface area is 170 Å². The summed E-state index contributed by atoms with van der Waals surface area (Å²) in [4.78, 5) is 12.0. The number of aromatic nitrogens is 3. The Kier molecular flexibility index (Phi) is 6.63. The summed E-state index contributed by atoms with van der Waals surface area (Å²) < 4.78 is 19.2. The molecule has 150 valence electrons. The molecule has 0 fully saturated rings. The summed E-state index contributed by atoms with van der Waals surface area (Å²) >= 11 is 1.10. The van der Waals surface area contributed by atoms with Gasteiger partial charge in [-0.1, -0.05) is 23.9 Å². The SMILES string of the molecule is COc1cccc(/C=N/Nc2nnc(SCC(=O)Nc3ccc(F)cc3)n2N)c1. The van der Waals surface area contributed by atoms with Crippen LogP contribution in [0.3, 0.4) is 0 Å². The number of nitrogens with two attached hydrogens (primary N) is 1. The van der Waals surface area contributed by atoms with E-state index in [1.807, 2.05) is 24.3 Å². The molecule has 3 aromatic rings. The number of nitrogen functional groups attached to an aromatic ring is 1. The highest BCUT2D eigenvalue weighted by Crippen LogP contribution is 2.17. The van der Waals surface area contributed by atoms with E-state index >= 15 is 0 Å². The van der Waals surface area contributed by atoms with E-state index in [0.29, 0.717) is 16.6 Å². The van der Waals surface area contributed by atoms with E-state index in [4.69, 9.17) is 10.6 Å². The number of methoxy groups -OCH3 is 1. The second-order valence-corrected chi connectivity index (χ2v) is 6.61. The zero-order chi connectivity index (χ0) is 20.6. The summed E-state index contributed by atoms with van der Waals surface area (Å²) in [7, 11) is 1.59. The first-order valence-electron chi connectivity index (χ1n) is 8.37. The maximum Gasteiger partial charge on any atom is 0.264 e. The van der Waals surface area contributed by atoms with Crippen molar-refractivity contribution in [1.29, 1.82) is 0 Å². The summed E-state index contributed by atoms with van der Waals surface area (Å²) in [5.41, 5.74) is 4.02. The lowest BCUT2D eigenvalue weighted by atomic mass is 10.2. The summed E-state index contributed by atoms with van der Waals surface area (Å²) in [6.45, 7) is 0. The Hall–Kier alpha value is -3.60. The number of ether oxygens (including phenoxy) is 1. The van der Waals surface area contributed by atoms with Crippen molar-refractivity contribution in [2.75, 3.05) is 29.4 Å². The first-order chi connectivity index (χ1) is 14.0. The molecule has 0 saturated carbocycles. The van der Waals surface area contributed by atoms with Crippen molar-refractivity contribution in [1.82, 2.24) is 14.9 Å². The fraction of sp³-hybridized carbons (Fsp3) is 0.111. The van der Waals surface area contributed by atoms with Gasteiger partial charge in [0, 0.05) is 5.69 Å². The summed E-state index contributed by atoms with van der Waals surface area (Å²) in [6.07, 6.45) is 1.58.